The first-order valence-corrected chi connectivity index (χ1v) is 9.41. The molecule has 1 heterocycles. The number of aromatic nitrogens is 2. The highest BCUT2D eigenvalue weighted by Gasteiger charge is 2.08. The molecule has 0 aliphatic heterocycles. The Balaban J connectivity index is 1.43. The van der Waals surface area contributed by atoms with Gasteiger partial charge >= 0.3 is 0 Å². The Labute approximate surface area is 155 Å². The Morgan fingerprint density at radius 2 is 1.77 bits per heavy atom. The summed E-state index contributed by atoms with van der Waals surface area (Å²) in [5, 5.41) is 3.71. The molecule has 0 aliphatic carbocycles. The predicted molar refractivity (Wildman–Crippen MR) is 107 cm³/mol. The Morgan fingerprint density at radius 1 is 1.00 bits per heavy atom. The minimum Gasteiger partial charge on any atom is -0.493 e. The summed E-state index contributed by atoms with van der Waals surface area (Å²) >= 11 is 1.53. The van der Waals surface area contributed by atoms with Crippen molar-refractivity contribution in [1.82, 2.24) is 9.55 Å². The number of thioether (sulfide) groups is 1. The van der Waals surface area contributed by atoms with Crippen molar-refractivity contribution in [2.45, 2.75) is 5.16 Å². The Bertz CT molecular complexity index is 1140. The van der Waals surface area contributed by atoms with E-state index in [9.17, 15) is 4.79 Å². The molecule has 4 aromatic rings. The Hall–Kier alpha value is -2.79. The topological polar surface area (TPSA) is 44.1 Å². The van der Waals surface area contributed by atoms with Crippen molar-refractivity contribution >= 4 is 33.4 Å². The third-order valence-electron chi connectivity index (χ3n) is 4.25. The fourth-order valence-corrected chi connectivity index (χ4v) is 3.67. The Morgan fingerprint density at radius 3 is 2.65 bits per heavy atom. The summed E-state index contributed by atoms with van der Waals surface area (Å²) in [5.41, 5.74) is 0.710. The lowest BCUT2D eigenvalue weighted by Gasteiger charge is -2.10. The first kappa shape index (κ1) is 16.7. The van der Waals surface area contributed by atoms with Crippen LogP contribution in [0.3, 0.4) is 0 Å². The normalized spacial score (nSPS) is 11.1. The van der Waals surface area contributed by atoms with Crippen LogP contribution in [0.25, 0.3) is 21.7 Å². The third-order valence-corrected chi connectivity index (χ3v) is 5.24. The van der Waals surface area contributed by atoms with Crippen LogP contribution < -0.4 is 10.3 Å². The van der Waals surface area contributed by atoms with E-state index in [1.165, 1.54) is 17.1 Å². The number of fused-ring (bicyclic) bond motifs is 2. The highest BCUT2D eigenvalue weighted by atomic mass is 32.2. The first-order chi connectivity index (χ1) is 12.7. The molecule has 0 fully saturated rings. The van der Waals surface area contributed by atoms with Crippen LogP contribution in [-0.4, -0.2) is 21.9 Å². The van der Waals surface area contributed by atoms with E-state index in [-0.39, 0.29) is 5.56 Å². The van der Waals surface area contributed by atoms with Gasteiger partial charge in [0.15, 0.2) is 5.16 Å². The van der Waals surface area contributed by atoms with E-state index < -0.39 is 0 Å². The van der Waals surface area contributed by atoms with Crippen molar-refractivity contribution in [3.05, 3.63) is 77.1 Å². The van der Waals surface area contributed by atoms with Crippen molar-refractivity contribution < 1.29 is 4.74 Å². The summed E-state index contributed by atoms with van der Waals surface area (Å²) in [6.45, 7) is 0.547. The second-order valence-electron chi connectivity index (χ2n) is 5.98. The lowest BCUT2D eigenvalue weighted by molar-refractivity contribution is 0.344. The van der Waals surface area contributed by atoms with Gasteiger partial charge in [-0.2, -0.15) is 0 Å². The van der Waals surface area contributed by atoms with Crippen LogP contribution in [0.5, 0.6) is 5.75 Å². The predicted octanol–water partition coefficient (Wildman–Crippen LogP) is 4.26. The van der Waals surface area contributed by atoms with E-state index in [1.54, 1.807) is 11.6 Å². The number of para-hydroxylation sites is 1. The Kier molecular flexibility index (Phi) is 4.63. The second kappa shape index (κ2) is 7.22. The standard InChI is InChI=1S/C21H18N2O2S/c1-23-20(24)18-8-4-5-9-19(18)22-21(23)26-13-12-25-17-11-10-15-6-2-3-7-16(15)14-17/h2-11,14H,12-13H2,1H3. The van der Waals surface area contributed by atoms with Crippen molar-refractivity contribution in [1.29, 1.82) is 0 Å². The van der Waals surface area contributed by atoms with Gasteiger partial charge in [0.2, 0.25) is 0 Å². The highest BCUT2D eigenvalue weighted by Crippen LogP contribution is 2.21. The number of hydrogen-bond acceptors (Lipinski definition) is 4. The molecule has 0 radical (unpaired) electrons. The average Bonchev–Trinajstić information content (AvgIpc) is 2.68. The maximum absolute atomic E-state index is 12.4. The molecule has 0 unspecified atom stereocenters. The summed E-state index contributed by atoms with van der Waals surface area (Å²) < 4.78 is 7.46. The van der Waals surface area contributed by atoms with Crippen LogP contribution in [0, 0.1) is 0 Å². The lowest BCUT2D eigenvalue weighted by Crippen LogP contribution is -2.20. The van der Waals surface area contributed by atoms with Gasteiger partial charge in [0.25, 0.3) is 5.56 Å². The summed E-state index contributed by atoms with van der Waals surface area (Å²) in [4.78, 5) is 17.0. The van der Waals surface area contributed by atoms with E-state index in [0.29, 0.717) is 22.9 Å². The van der Waals surface area contributed by atoms with E-state index in [4.69, 9.17) is 4.74 Å². The van der Waals surface area contributed by atoms with Gasteiger partial charge in [0.1, 0.15) is 5.75 Å². The number of ether oxygens (including phenoxy) is 1. The smallest absolute Gasteiger partial charge is 0.261 e. The molecule has 0 atom stereocenters. The van der Waals surface area contributed by atoms with Crippen molar-refractivity contribution in [2.24, 2.45) is 7.05 Å². The minimum absolute atomic E-state index is 0.0199. The highest BCUT2D eigenvalue weighted by molar-refractivity contribution is 7.99. The molecule has 0 N–H and O–H groups in total. The second-order valence-corrected chi connectivity index (χ2v) is 7.04. The largest absolute Gasteiger partial charge is 0.493 e. The molecule has 0 bridgehead atoms. The molecule has 0 saturated heterocycles. The van der Waals surface area contributed by atoms with Crippen molar-refractivity contribution in [3.63, 3.8) is 0 Å². The lowest BCUT2D eigenvalue weighted by atomic mass is 10.1. The van der Waals surface area contributed by atoms with Crippen molar-refractivity contribution in [2.75, 3.05) is 12.4 Å². The average molecular weight is 362 g/mol. The van der Waals surface area contributed by atoms with Crippen LogP contribution >= 0.6 is 11.8 Å². The summed E-state index contributed by atoms with van der Waals surface area (Å²) in [6, 6.07) is 21.7. The molecule has 1 aromatic heterocycles. The molecule has 0 saturated carbocycles. The van der Waals surface area contributed by atoms with Crippen LogP contribution in [0.2, 0.25) is 0 Å². The van der Waals surface area contributed by atoms with E-state index in [2.05, 4.69) is 23.2 Å². The van der Waals surface area contributed by atoms with Gasteiger partial charge in [-0.05, 0) is 35.0 Å². The molecular formula is C21H18N2O2S. The quantitative estimate of drug-likeness (QED) is 0.302. The zero-order valence-corrected chi connectivity index (χ0v) is 15.2. The molecule has 130 valence electrons. The summed E-state index contributed by atoms with van der Waals surface area (Å²) in [5.74, 6) is 1.57. The van der Waals surface area contributed by atoms with Crippen LogP contribution in [0.15, 0.2) is 76.7 Å². The maximum Gasteiger partial charge on any atom is 0.261 e. The van der Waals surface area contributed by atoms with Gasteiger partial charge in [0.05, 0.1) is 17.5 Å². The summed E-state index contributed by atoms with van der Waals surface area (Å²) in [7, 11) is 1.76. The molecule has 0 spiro atoms. The zero-order valence-electron chi connectivity index (χ0n) is 14.4. The molecule has 4 rings (SSSR count). The number of rotatable bonds is 5. The van der Waals surface area contributed by atoms with Crippen molar-refractivity contribution in [3.8, 4) is 5.75 Å². The molecule has 4 nitrogen and oxygen atoms in total. The fraction of sp³-hybridized carbons (Fsp3) is 0.143. The van der Waals surface area contributed by atoms with Gasteiger partial charge in [-0.3, -0.25) is 9.36 Å². The van der Waals surface area contributed by atoms with Crippen LogP contribution in [-0.2, 0) is 7.05 Å². The van der Waals surface area contributed by atoms with E-state index in [1.807, 2.05) is 48.5 Å². The number of hydrogen-bond donors (Lipinski definition) is 0. The van der Waals surface area contributed by atoms with Crippen LogP contribution in [0.4, 0.5) is 0 Å². The molecule has 3 aromatic carbocycles. The molecule has 26 heavy (non-hydrogen) atoms. The maximum atomic E-state index is 12.4. The SMILES string of the molecule is Cn1c(SCCOc2ccc3ccccc3c2)nc2ccccc2c1=O. The zero-order chi connectivity index (χ0) is 17.9. The molecule has 0 amide bonds. The molecule has 0 aliphatic rings. The summed E-state index contributed by atoms with van der Waals surface area (Å²) in [6.07, 6.45) is 0. The fourth-order valence-electron chi connectivity index (χ4n) is 2.88. The molecular weight excluding hydrogens is 344 g/mol. The van der Waals surface area contributed by atoms with Crippen LogP contribution in [0.1, 0.15) is 0 Å². The van der Waals surface area contributed by atoms with Gasteiger partial charge < -0.3 is 4.74 Å². The van der Waals surface area contributed by atoms with Gasteiger partial charge in [-0.15, -0.1) is 0 Å². The number of nitrogens with zero attached hydrogens (tertiary/aromatic N) is 2. The number of benzene rings is 3. The van der Waals surface area contributed by atoms with Gasteiger partial charge in [-0.25, -0.2) is 4.98 Å². The minimum atomic E-state index is -0.0199. The van der Waals surface area contributed by atoms with Gasteiger partial charge in [-0.1, -0.05) is 54.2 Å². The first-order valence-electron chi connectivity index (χ1n) is 8.42. The third kappa shape index (κ3) is 3.30. The van der Waals surface area contributed by atoms with E-state index >= 15 is 0 Å². The molecule has 5 heteroatoms. The van der Waals surface area contributed by atoms with Gasteiger partial charge in [0, 0.05) is 12.8 Å². The monoisotopic (exact) mass is 362 g/mol. The van der Waals surface area contributed by atoms with E-state index in [0.717, 1.165) is 16.7 Å².